The summed E-state index contributed by atoms with van der Waals surface area (Å²) in [4.78, 5) is 13.7. The minimum atomic E-state index is 0.0732. The van der Waals surface area contributed by atoms with E-state index in [1.807, 2.05) is 44.3 Å². The van der Waals surface area contributed by atoms with Crippen LogP contribution in [0.4, 0.5) is 5.82 Å². The maximum atomic E-state index is 5.59. The second-order valence-corrected chi connectivity index (χ2v) is 8.50. The van der Waals surface area contributed by atoms with Crippen molar-refractivity contribution in [3.05, 3.63) is 95.8 Å². The zero-order valence-corrected chi connectivity index (χ0v) is 19.3. The summed E-state index contributed by atoms with van der Waals surface area (Å²) >= 11 is 0. The van der Waals surface area contributed by atoms with Crippen LogP contribution in [0.5, 0.6) is 0 Å². The Kier molecular flexibility index (Phi) is 5.38. The van der Waals surface area contributed by atoms with Crippen molar-refractivity contribution in [1.29, 1.82) is 0 Å². The van der Waals surface area contributed by atoms with E-state index in [1.54, 1.807) is 6.26 Å². The number of aryl methyl sites for hydroxylation is 3. The molecule has 5 heteroatoms. The molecule has 0 bridgehead atoms. The van der Waals surface area contributed by atoms with E-state index in [0.717, 1.165) is 56.3 Å². The molecule has 1 N–H and O–H groups in total. The van der Waals surface area contributed by atoms with Crippen LogP contribution in [-0.2, 0) is 0 Å². The standard InChI is InChI=1S/C28H26N4O/c1-17-16-33-27-11-10-23(13-25(17)27)26-14-28(32-20(4)31-26)30-19(3)21-6-5-7-22(12-21)24-9-8-18(2)29-15-24/h5-16,19H,1-4H3,(H,30,31,32)/t19-/m0/s1. The van der Waals surface area contributed by atoms with Crippen LogP contribution in [0.1, 0.15) is 35.6 Å². The van der Waals surface area contributed by atoms with Crippen LogP contribution in [0.25, 0.3) is 33.4 Å². The number of furan rings is 1. The third-order valence-electron chi connectivity index (χ3n) is 5.90. The molecule has 0 spiro atoms. The lowest BCUT2D eigenvalue weighted by molar-refractivity contribution is 0.613. The summed E-state index contributed by atoms with van der Waals surface area (Å²) in [6, 6.07) is 20.9. The molecular weight excluding hydrogens is 408 g/mol. The van der Waals surface area contributed by atoms with Crippen molar-refractivity contribution in [3.8, 4) is 22.4 Å². The van der Waals surface area contributed by atoms with Crippen molar-refractivity contribution in [2.75, 3.05) is 5.32 Å². The molecule has 0 saturated heterocycles. The average molecular weight is 435 g/mol. The highest BCUT2D eigenvalue weighted by atomic mass is 16.3. The van der Waals surface area contributed by atoms with E-state index in [-0.39, 0.29) is 6.04 Å². The third-order valence-corrected chi connectivity index (χ3v) is 5.90. The fourth-order valence-electron chi connectivity index (χ4n) is 4.04. The molecule has 0 aliphatic heterocycles. The lowest BCUT2D eigenvalue weighted by Gasteiger charge is -2.17. The number of nitrogens with zero attached hydrogens (tertiary/aromatic N) is 3. The first-order chi connectivity index (χ1) is 16.0. The molecule has 3 aromatic heterocycles. The highest BCUT2D eigenvalue weighted by Gasteiger charge is 2.12. The van der Waals surface area contributed by atoms with Crippen LogP contribution in [0.2, 0.25) is 0 Å². The smallest absolute Gasteiger partial charge is 0.134 e. The fraction of sp³-hybridized carbons (Fsp3) is 0.179. The Morgan fingerprint density at radius 1 is 0.848 bits per heavy atom. The normalized spacial score (nSPS) is 12.1. The first-order valence-corrected chi connectivity index (χ1v) is 11.1. The first-order valence-electron chi connectivity index (χ1n) is 11.1. The highest BCUT2D eigenvalue weighted by molar-refractivity contribution is 5.85. The van der Waals surface area contributed by atoms with E-state index in [2.05, 4.69) is 70.5 Å². The molecule has 164 valence electrons. The second-order valence-electron chi connectivity index (χ2n) is 8.50. The number of aromatic nitrogens is 3. The van der Waals surface area contributed by atoms with Crippen molar-refractivity contribution in [1.82, 2.24) is 15.0 Å². The second kappa shape index (κ2) is 8.51. The highest BCUT2D eigenvalue weighted by Crippen LogP contribution is 2.29. The van der Waals surface area contributed by atoms with Gasteiger partial charge in [0.1, 0.15) is 17.2 Å². The van der Waals surface area contributed by atoms with Gasteiger partial charge in [-0.1, -0.05) is 24.3 Å². The summed E-state index contributed by atoms with van der Waals surface area (Å²) in [6.07, 6.45) is 3.71. The predicted octanol–water partition coefficient (Wildman–Crippen LogP) is 7.05. The first kappa shape index (κ1) is 20.9. The summed E-state index contributed by atoms with van der Waals surface area (Å²) < 4.78 is 5.59. The van der Waals surface area contributed by atoms with Crippen molar-refractivity contribution in [3.63, 3.8) is 0 Å². The van der Waals surface area contributed by atoms with Crippen LogP contribution in [0.3, 0.4) is 0 Å². The molecule has 0 saturated carbocycles. The number of benzene rings is 2. The Bertz CT molecular complexity index is 1440. The van der Waals surface area contributed by atoms with Crippen LogP contribution in [0.15, 0.2) is 77.5 Å². The van der Waals surface area contributed by atoms with Crippen molar-refractivity contribution in [2.45, 2.75) is 33.7 Å². The van der Waals surface area contributed by atoms with Gasteiger partial charge in [-0.2, -0.15) is 0 Å². The van der Waals surface area contributed by atoms with Gasteiger partial charge in [0.25, 0.3) is 0 Å². The van der Waals surface area contributed by atoms with E-state index < -0.39 is 0 Å². The quantitative estimate of drug-likeness (QED) is 0.321. The molecular formula is C28H26N4O. The fourth-order valence-corrected chi connectivity index (χ4v) is 4.04. The van der Waals surface area contributed by atoms with Crippen molar-refractivity contribution in [2.24, 2.45) is 0 Å². The number of nitrogens with one attached hydrogen (secondary N) is 1. The van der Waals surface area contributed by atoms with Crippen LogP contribution in [0, 0.1) is 20.8 Å². The van der Waals surface area contributed by atoms with Crippen LogP contribution in [-0.4, -0.2) is 15.0 Å². The summed E-state index contributed by atoms with van der Waals surface area (Å²) in [5.74, 6) is 1.53. The summed E-state index contributed by atoms with van der Waals surface area (Å²) in [5, 5.41) is 4.66. The molecule has 5 rings (SSSR count). The number of hydrogen-bond donors (Lipinski definition) is 1. The zero-order chi connectivity index (χ0) is 22.9. The Morgan fingerprint density at radius 3 is 2.52 bits per heavy atom. The molecule has 5 aromatic rings. The number of pyridine rings is 1. The number of anilines is 1. The molecule has 33 heavy (non-hydrogen) atoms. The molecule has 0 aliphatic rings. The van der Waals surface area contributed by atoms with Crippen LogP contribution < -0.4 is 5.32 Å². The van der Waals surface area contributed by atoms with Crippen LogP contribution >= 0.6 is 0 Å². The topological polar surface area (TPSA) is 63.8 Å². The van der Waals surface area contributed by atoms with Gasteiger partial charge in [-0.25, -0.2) is 9.97 Å². The van der Waals surface area contributed by atoms with Gasteiger partial charge >= 0.3 is 0 Å². The molecule has 3 heterocycles. The largest absolute Gasteiger partial charge is 0.464 e. The van der Waals surface area contributed by atoms with Gasteiger partial charge in [-0.05, 0) is 74.7 Å². The molecule has 0 unspecified atom stereocenters. The number of hydrogen-bond acceptors (Lipinski definition) is 5. The Morgan fingerprint density at radius 2 is 1.70 bits per heavy atom. The zero-order valence-electron chi connectivity index (χ0n) is 19.3. The van der Waals surface area contributed by atoms with E-state index in [9.17, 15) is 0 Å². The summed E-state index contributed by atoms with van der Waals surface area (Å²) in [7, 11) is 0. The Labute approximate surface area is 193 Å². The molecule has 0 fully saturated rings. The van der Waals surface area contributed by atoms with Crippen molar-refractivity contribution >= 4 is 16.8 Å². The minimum absolute atomic E-state index is 0.0732. The Balaban J connectivity index is 1.42. The van der Waals surface area contributed by atoms with Gasteiger partial charge in [-0.3, -0.25) is 4.98 Å². The van der Waals surface area contributed by atoms with Gasteiger partial charge in [0, 0.05) is 40.5 Å². The molecule has 5 nitrogen and oxygen atoms in total. The van der Waals surface area contributed by atoms with E-state index in [1.165, 1.54) is 5.56 Å². The number of rotatable bonds is 5. The van der Waals surface area contributed by atoms with E-state index in [0.29, 0.717) is 0 Å². The lowest BCUT2D eigenvalue weighted by Crippen LogP contribution is -2.09. The molecule has 0 radical (unpaired) electrons. The van der Waals surface area contributed by atoms with Gasteiger partial charge in [0.15, 0.2) is 0 Å². The SMILES string of the molecule is Cc1ccc(-c2cccc([C@H](C)Nc3cc(-c4ccc5occ(C)c5c4)nc(C)n3)c2)cn1. The Hall–Kier alpha value is -3.99. The molecule has 2 aromatic carbocycles. The molecule has 0 aliphatic carbocycles. The predicted molar refractivity (Wildman–Crippen MR) is 133 cm³/mol. The van der Waals surface area contributed by atoms with Gasteiger partial charge in [0.05, 0.1) is 12.0 Å². The minimum Gasteiger partial charge on any atom is -0.464 e. The maximum Gasteiger partial charge on any atom is 0.134 e. The molecule has 1 atom stereocenters. The van der Waals surface area contributed by atoms with Gasteiger partial charge in [-0.15, -0.1) is 0 Å². The monoisotopic (exact) mass is 434 g/mol. The lowest BCUT2D eigenvalue weighted by atomic mass is 10.0. The summed E-state index contributed by atoms with van der Waals surface area (Å²) in [6.45, 7) is 8.12. The van der Waals surface area contributed by atoms with Crippen molar-refractivity contribution < 1.29 is 4.42 Å². The van der Waals surface area contributed by atoms with E-state index in [4.69, 9.17) is 4.42 Å². The maximum absolute atomic E-state index is 5.59. The van der Waals surface area contributed by atoms with Gasteiger partial charge < -0.3 is 9.73 Å². The third kappa shape index (κ3) is 4.35. The number of fused-ring (bicyclic) bond motifs is 1. The summed E-state index contributed by atoms with van der Waals surface area (Å²) in [5.41, 5.74) is 8.40. The van der Waals surface area contributed by atoms with E-state index >= 15 is 0 Å². The molecule has 0 amide bonds. The average Bonchev–Trinajstić information content (AvgIpc) is 3.19. The van der Waals surface area contributed by atoms with Gasteiger partial charge in [0.2, 0.25) is 0 Å².